The highest BCUT2D eigenvalue weighted by molar-refractivity contribution is 6.30. The molecule has 2 heterocycles. The molecular weight excluding hydrogens is 674 g/mol. The van der Waals surface area contributed by atoms with Crippen LogP contribution in [0.25, 0.3) is 11.1 Å². The lowest BCUT2D eigenvalue weighted by atomic mass is 10.0. The number of hydrogen-bond acceptors (Lipinski definition) is 11. The first-order valence-electron chi connectivity index (χ1n) is 15.1. The summed E-state index contributed by atoms with van der Waals surface area (Å²) in [6, 6.07) is 16.5. The molecule has 15 nitrogen and oxygen atoms in total. The fraction of sp³-hybridized carbons (Fsp3) is 0.265. The van der Waals surface area contributed by atoms with Crippen LogP contribution in [0.4, 0.5) is 11.5 Å². The van der Waals surface area contributed by atoms with E-state index in [-0.39, 0.29) is 33.9 Å². The van der Waals surface area contributed by atoms with Crippen LogP contribution in [0.15, 0.2) is 83.9 Å². The van der Waals surface area contributed by atoms with Crippen molar-refractivity contribution in [2.75, 3.05) is 38.4 Å². The number of para-hydroxylation sites is 1. The van der Waals surface area contributed by atoms with Crippen LogP contribution < -0.4 is 20.9 Å². The van der Waals surface area contributed by atoms with E-state index in [1.54, 1.807) is 35.0 Å². The molecule has 0 fully saturated rings. The normalized spacial score (nSPS) is 13.6. The minimum Gasteiger partial charge on any atom is -0.479 e. The minimum absolute atomic E-state index is 0.123. The van der Waals surface area contributed by atoms with Gasteiger partial charge in [0.15, 0.2) is 6.10 Å². The fourth-order valence-electron chi connectivity index (χ4n) is 4.74. The summed E-state index contributed by atoms with van der Waals surface area (Å²) in [5.74, 6) is -3.29. The number of hydrogen-bond donors (Lipinski definition) is 6. The summed E-state index contributed by atoms with van der Waals surface area (Å²) >= 11 is 5.89. The molecule has 4 rings (SSSR count). The Hall–Kier alpha value is -5.16. The summed E-state index contributed by atoms with van der Waals surface area (Å²) in [5, 5.41) is 46.1. The maximum absolute atomic E-state index is 13.6. The number of aromatic nitrogens is 2. The van der Waals surface area contributed by atoms with Crippen molar-refractivity contribution in [2.45, 2.75) is 31.1 Å². The first-order valence-corrected chi connectivity index (χ1v) is 15.5. The van der Waals surface area contributed by atoms with Crippen molar-refractivity contribution in [1.82, 2.24) is 14.5 Å². The number of ether oxygens (including phenoxy) is 2. The molecule has 0 radical (unpaired) electrons. The average Bonchev–Trinajstić information content (AvgIpc) is 3.09. The van der Waals surface area contributed by atoms with Gasteiger partial charge in [-0.05, 0) is 68.2 Å². The zero-order valence-electron chi connectivity index (χ0n) is 27.2. The fourth-order valence-corrected chi connectivity index (χ4v) is 4.85. The van der Waals surface area contributed by atoms with Crippen molar-refractivity contribution < 1.29 is 44.3 Å². The predicted molar refractivity (Wildman–Crippen MR) is 183 cm³/mol. The molecule has 50 heavy (non-hydrogen) atoms. The molecule has 0 saturated carbocycles. The van der Waals surface area contributed by atoms with Crippen LogP contribution in [-0.4, -0.2) is 105 Å². The molecule has 4 atom stereocenters. The van der Waals surface area contributed by atoms with Gasteiger partial charge < -0.3 is 50.0 Å². The summed E-state index contributed by atoms with van der Waals surface area (Å²) in [6.45, 7) is 1.15. The van der Waals surface area contributed by atoms with E-state index in [1.165, 1.54) is 48.7 Å². The number of carbonyl (C=O) groups excluding carboxylic acids is 2. The number of aliphatic hydroxyl groups is 3. The molecular formula is C34H36ClN5O10. The molecule has 2 amide bonds. The molecule has 0 aliphatic carbocycles. The zero-order chi connectivity index (χ0) is 36.5. The Balaban J connectivity index is 1.64. The predicted octanol–water partition coefficient (Wildman–Crippen LogP) is 2.15. The molecule has 6 N–H and O–H groups in total. The van der Waals surface area contributed by atoms with Crippen LogP contribution in [-0.2, 0) is 16.1 Å². The van der Waals surface area contributed by atoms with Gasteiger partial charge in [0, 0.05) is 43.7 Å². The Morgan fingerprint density at radius 3 is 2.28 bits per heavy atom. The number of likely N-dealkylation sites (N-methyl/N-ethyl adjacent to an activating group) is 1. The zero-order valence-corrected chi connectivity index (χ0v) is 27.9. The van der Waals surface area contributed by atoms with Crippen molar-refractivity contribution in [1.29, 1.82) is 0 Å². The molecule has 16 heteroatoms. The number of pyridine rings is 2. The second-order valence-corrected chi connectivity index (χ2v) is 11.7. The van der Waals surface area contributed by atoms with Gasteiger partial charge in [-0.25, -0.2) is 9.78 Å². The highest BCUT2D eigenvalue weighted by atomic mass is 35.5. The van der Waals surface area contributed by atoms with Crippen molar-refractivity contribution >= 4 is 40.9 Å². The molecule has 2 aromatic carbocycles. The molecule has 0 bridgehead atoms. The topological polar surface area (TPSA) is 213 Å². The van der Waals surface area contributed by atoms with Crippen LogP contribution >= 0.6 is 11.6 Å². The number of aliphatic carboxylic acids is 1. The number of anilines is 2. The van der Waals surface area contributed by atoms with E-state index in [2.05, 4.69) is 20.4 Å². The second kappa shape index (κ2) is 17.0. The number of carboxylic acid groups (broad SMARTS) is 1. The van der Waals surface area contributed by atoms with Crippen LogP contribution in [0.1, 0.15) is 20.7 Å². The first kappa shape index (κ1) is 37.7. The van der Waals surface area contributed by atoms with Crippen molar-refractivity contribution in [3.63, 3.8) is 0 Å². The quantitative estimate of drug-likeness (QED) is 0.0981. The number of amides is 2. The third-order valence-electron chi connectivity index (χ3n) is 7.44. The summed E-state index contributed by atoms with van der Waals surface area (Å²) in [5.41, 5.74) is 0.515. The Kier molecular flexibility index (Phi) is 12.8. The van der Waals surface area contributed by atoms with Gasteiger partial charge in [0.2, 0.25) is 6.29 Å². The summed E-state index contributed by atoms with van der Waals surface area (Å²) < 4.78 is 11.7. The van der Waals surface area contributed by atoms with Crippen molar-refractivity contribution in [3.05, 3.63) is 106 Å². The van der Waals surface area contributed by atoms with Crippen LogP contribution in [0.5, 0.6) is 5.75 Å². The maximum atomic E-state index is 13.6. The number of aliphatic hydroxyl groups excluding tert-OH is 3. The van der Waals surface area contributed by atoms with Crippen LogP contribution in [0.3, 0.4) is 0 Å². The highest BCUT2D eigenvalue weighted by Crippen LogP contribution is 2.32. The lowest BCUT2D eigenvalue weighted by molar-refractivity contribution is -0.184. The molecule has 4 aromatic rings. The van der Waals surface area contributed by atoms with Gasteiger partial charge in [0.05, 0.1) is 16.3 Å². The molecule has 0 aliphatic rings. The third-order valence-corrected chi connectivity index (χ3v) is 7.67. The van der Waals surface area contributed by atoms with Gasteiger partial charge in [-0.1, -0.05) is 29.8 Å². The molecule has 0 aliphatic heterocycles. The Labute approximate surface area is 291 Å². The van der Waals surface area contributed by atoms with Gasteiger partial charge in [-0.15, -0.1) is 0 Å². The second-order valence-electron chi connectivity index (χ2n) is 11.2. The lowest BCUT2D eigenvalue weighted by Crippen LogP contribution is -2.50. The van der Waals surface area contributed by atoms with Gasteiger partial charge >= 0.3 is 5.97 Å². The third kappa shape index (κ3) is 9.29. The molecule has 1 unspecified atom stereocenters. The van der Waals surface area contributed by atoms with E-state index in [4.69, 9.17) is 16.3 Å². The summed E-state index contributed by atoms with van der Waals surface area (Å²) in [4.78, 5) is 57.5. The largest absolute Gasteiger partial charge is 0.479 e. The van der Waals surface area contributed by atoms with E-state index in [1.807, 2.05) is 19.0 Å². The number of carboxylic acids is 1. The lowest BCUT2D eigenvalue weighted by Gasteiger charge is -2.27. The maximum Gasteiger partial charge on any atom is 0.335 e. The molecule has 2 aromatic heterocycles. The standard InChI is InChI=1S/C34H36ClN5O10/c1-39(2)16-17-40-15-5-7-22(32(40)45)19-9-11-20(12-10-19)30(43)38-26-23(31(44)37-25-14-13-21(35)18-36-25)6-4-8-24(26)50-34(48)28(42)27(41)29(49-3)33(46)47/h4-15,18,27-29,34,41-42,48H,16-17H2,1-3H3,(H,38,43)(H,46,47)(H,36,37,44)/t27-,28-,29-,34?/m0/s1. The van der Waals surface area contributed by atoms with E-state index in [0.29, 0.717) is 29.2 Å². The van der Waals surface area contributed by atoms with E-state index < -0.39 is 42.4 Å². The molecule has 0 spiro atoms. The van der Waals surface area contributed by atoms with Crippen molar-refractivity contribution in [3.8, 4) is 16.9 Å². The van der Waals surface area contributed by atoms with Gasteiger partial charge in [0.25, 0.3) is 17.4 Å². The minimum atomic E-state index is -2.25. The molecule has 0 saturated heterocycles. The van der Waals surface area contributed by atoms with Gasteiger partial charge in [-0.2, -0.15) is 0 Å². The van der Waals surface area contributed by atoms with Crippen molar-refractivity contribution in [2.24, 2.45) is 0 Å². The number of rotatable bonds is 15. The monoisotopic (exact) mass is 709 g/mol. The van der Waals surface area contributed by atoms with Gasteiger partial charge in [0.1, 0.15) is 23.8 Å². The Morgan fingerprint density at radius 1 is 0.940 bits per heavy atom. The first-order chi connectivity index (χ1) is 23.8. The van der Waals surface area contributed by atoms with Crippen LogP contribution in [0, 0.1) is 0 Å². The number of benzene rings is 2. The Bertz CT molecular complexity index is 1870. The summed E-state index contributed by atoms with van der Waals surface area (Å²) in [6.07, 6.45) is -5.48. The average molecular weight is 710 g/mol. The smallest absolute Gasteiger partial charge is 0.335 e. The number of nitrogens with zero attached hydrogens (tertiary/aromatic N) is 3. The van der Waals surface area contributed by atoms with Crippen LogP contribution in [0.2, 0.25) is 5.02 Å². The number of nitrogens with one attached hydrogen (secondary N) is 2. The number of halogens is 1. The van der Waals surface area contributed by atoms with E-state index in [0.717, 1.165) is 7.11 Å². The van der Waals surface area contributed by atoms with Gasteiger partial charge in [-0.3, -0.25) is 14.4 Å². The SMILES string of the molecule is CO[C@H](C(=O)O)[C@@H](O)[C@H](O)C(O)Oc1cccc(C(=O)Nc2ccc(Cl)cn2)c1NC(=O)c1ccc(-c2cccn(CCN(C)C)c2=O)cc1. The van der Waals surface area contributed by atoms with E-state index in [9.17, 15) is 39.6 Å². The Morgan fingerprint density at radius 2 is 1.66 bits per heavy atom. The summed E-state index contributed by atoms with van der Waals surface area (Å²) in [7, 11) is 4.80. The highest BCUT2D eigenvalue weighted by Gasteiger charge is 2.37. The number of methoxy groups -OCH3 is 1. The van der Waals surface area contributed by atoms with E-state index >= 15 is 0 Å². The molecule has 264 valence electrons. The number of carbonyl (C=O) groups is 3.